The van der Waals surface area contributed by atoms with Gasteiger partial charge in [-0.2, -0.15) is 0 Å². The maximum absolute atomic E-state index is 12.5. The molecule has 1 aliphatic heterocycles. The van der Waals surface area contributed by atoms with Crippen molar-refractivity contribution in [2.45, 2.75) is 38.1 Å². The zero-order valence-corrected chi connectivity index (χ0v) is 15.6. The van der Waals surface area contributed by atoms with Gasteiger partial charge in [-0.15, -0.1) is 0 Å². The Bertz CT molecular complexity index is 1080. The van der Waals surface area contributed by atoms with Crippen molar-refractivity contribution in [2.24, 2.45) is 0 Å². The number of aryl methyl sites for hydroxylation is 1. The minimum atomic E-state index is -0.658. The lowest BCUT2D eigenvalue weighted by Gasteiger charge is -2.27. The third-order valence-electron chi connectivity index (χ3n) is 4.90. The van der Waals surface area contributed by atoms with E-state index in [9.17, 15) is 14.4 Å². The van der Waals surface area contributed by atoms with Gasteiger partial charge in [0.15, 0.2) is 0 Å². The van der Waals surface area contributed by atoms with Crippen molar-refractivity contribution >= 4 is 32.9 Å². The molecular formula is C19H18BrN3O3. The first kappa shape index (κ1) is 17.0. The van der Waals surface area contributed by atoms with Gasteiger partial charge in [0, 0.05) is 22.6 Å². The maximum Gasteiger partial charge on any atom is 0.317 e. The third kappa shape index (κ3) is 3.07. The van der Waals surface area contributed by atoms with Gasteiger partial charge in [-0.1, -0.05) is 28.1 Å². The second-order valence-electron chi connectivity index (χ2n) is 6.69. The third-order valence-corrected chi connectivity index (χ3v) is 5.36. The highest BCUT2D eigenvalue weighted by molar-refractivity contribution is 9.10. The van der Waals surface area contributed by atoms with Crippen LogP contribution in [0.15, 0.2) is 50.1 Å². The predicted molar refractivity (Wildman–Crippen MR) is 103 cm³/mol. The molecule has 2 aromatic rings. The van der Waals surface area contributed by atoms with Crippen molar-refractivity contribution < 1.29 is 4.79 Å². The highest BCUT2D eigenvalue weighted by Crippen LogP contribution is 2.32. The van der Waals surface area contributed by atoms with E-state index in [1.54, 1.807) is 6.07 Å². The molecule has 1 amide bonds. The van der Waals surface area contributed by atoms with Crippen molar-refractivity contribution in [3.05, 3.63) is 66.8 Å². The Hall–Kier alpha value is -2.41. The average Bonchev–Trinajstić information content (AvgIpc) is 2.61. The van der Waals surface area contributed by atoms with E-state index < -0.39 is 11.1 Å². The van der Waals surface area contributed by atoms with Crippen molar-refractivity contribution in [1.29, 1.82) is 0 Å². The second-order valence-corrected chi connectivity index (χ2v) is 7.61. The Morgan fingerprint density at radius 3 is 2.92 bits per heavy atom. The first-order valence-electron chi connectivity index (χ1n) is 8.65. The number of aromatic nitrogens is 2. The lowest BCUT2D eigenvalue weighted by atomic mass is 9.96. The first-order valence-corrected chi connectivity index (χ1v) is 9.45. The molecule has 0 saturated carbocycles. The smallest absolute Gasteiger partial charge is 0.317 e. The standard InChI is InChI=1S/C19H18BrN3O3/c20-12-8-11-6-7-14(10-16(24)21-13-4-2-1-3-5-13)23-17(11)15(9-12)22-18(25)19(23)26/h1-2,4,8-9,14H,3,5-7,10H2,(H,21,24)(H,22,25). The lowest BCUT2D eigenvalue weighted by molar-refractivity contribution is -0.121. The van der Waals surface area contributed by atoms with E-state index in [1.165, 1.54) is 4.57 Å². The van der Waals surface area contributed by atoms with Gasteiger partial charge >= 0.3 is 11.1 Å². The minimum absolute atomic E-state index is 0.127. The molecule has 2 heterocycles. The van der Waals surface area contributed by atoms with Crippen LogP contribution in [-0.4, -0.2) is 15.5 Å². The van der Waals surface area contributed by atoms with Crippen LogP contribution in [0.25, 0.3) is 11.0 Å². The molecule has 1 aromatic carbocycles. The number of halogens is 1. The molecule has 0 radical (unpaired) electrons. The number of hydrogen-bond donors (Lipinski definition) is 2. The molecule has 0 bridgehead atoms. The Labute approximate surface area is 157 Å². The van der Waals surface area contributed by atoms with Crippen molar-refractivity contribution in [3.63, 3.8) is 0 Å². The number of amides is 1. The molecule has 1 aliphatic carbocycles. The van der Waals surface area contributed by atoms with Crippen LogP contribution in [0.4, 0.5) is 0 Å². The Balaban J connectivity index is 1.70. The topological polar surface area (TPSA) is 84.0 Å². The summed E-state index contributed by atoms with van der Waals surface area (Å²) in [6, 6.07) is 3.44. The highest BCUT2D eigenvalue weighted by Gasteiger charge is 2.26. The van der Waals surface area contributed by atoms with Crippen molar-refractivity contribution in [1.82, 2.24) is 14.9 Å². The molecule has 0 saturated heterocycles. The molecule has 2 aliphatic rings. The second kappa shape index (κ2) is 6.72. The number of rotatable bonds is 3. The molecule has 1 atom stereocenters. The van der Waals surface area contributed by atoms with Gasteiger partial charge in [-0.3, -0.25) is 19.0 Å². The van der Waals surface area contributed by atoms with E-state index in [1.807, 2.05) is 18.2 Å². The number of allylic oxidation sites excluding steroid dienone is 4. The molecule has 2 N–H and O–H groups in total. The van der Waals surface area contributed by atoms with Gasteiger partial charge in [0.2, 0.25) is 5.91 Å². The van der Waals surface area contributed by atoms with Crippen LogP contribution in [0.5, 0.6) is 0 Å². The number of nitrogens with one attached hydrogen (secondary N) is 2. The van der Waals surface area contributed by atoms with E-state index in [-0.39, 0.29) is 18.4 Å². The van der Waals surface area contributed by atoms with Gasteiger partial charge in [0.05, 0.1) is 11.0 Å². The summed E-state index contributed by atoms with van der Waals surface area (Å²) in [5.41, 5.74) is 1.97. The SMILES string of the molecule is O=C(CC1CCc2cc(Br)cc3[nH]c(=O)c(=O)n1c23)NC1=CC=CCC1. The van der Waals surface area contributed by atoms with Gasteiger partial charge < -0.3 is 10.3 Å². The summed E-state index contributed by atoms with van der Waals surface area (Å²) in [6.07, 6.45) is 9.17. The van der Waals surface area contributed by atoms with Crippen LogP contribution in [0.3, 0.4) is 0 Å². The van der Waals surface area contributed by atoms with Crippen molar-refractivity contribution in [2.75, 3.05) is 0 Å². The number of benzene rings is 1. The first-order chi connectivity index (χ1) is 12.5. The van der Waals surface area contributed by atoms with Crippen LogP contribution >= 0.6 is 15.9 Å². The maximum atomic E-state index is 12.5. The molecule has 6 nitrogen and oxygen atoms in total. The molecule has 7 heteroatoms. The summed E-state index contributed by atoms with van der Waals surface area (Å²) in [4.78, 5) is 39.7. The summed E-state index contributed by atoms with van der Waals surface area (Å²) in [7, 11) is 0. The van der Waals surface area contributed by atoms with Crippen LogP contribution in [0.2, 0.25) is 0 Å². The van der Waals surface area contributed by atoms with Gasteiger partial charge in [0.1, 0.15) is 0 Å². The number of nitrogens with zero attached hydrogens (tertiary/aromatic N) is 1. The number of carbonyl (C=O) groups is 1. The fourth-order valence-corrected chi connectivity index (χ4v) is 4.26. The Morgan fingerprint density at radius 1 is 1.31 bits per heavy atom. The fourth-order valence-electron chi connectivity index (χ4n) is 3.76. The fraction of sp³-hybridized carbons (Fsp3) is 0.316. The molecule has 1 aromatic heterocycles. The Kier molecular flexibility index (Phi) is 4.40. The summed E-state index contributed by atoms with van der Waals surface area (Å²) >= 11 is 3.44. The van der Waals surface area contributed by atoms with Crippen LogP contribution < -0.4 is 16.4 Å². The quantitative estimate of drug-likeness (QED) is 0.755. The van der Waals surface area contributed by atoms with Gasteiger partial charge in [-0.25, -0.2) is 0 Å². The summed E-state index contributed by atoms with van der Waals surface area (Å²) < 4.78 is 2.36. The van der Waals surface area contributed by atoms with Crippen LogP contribution in [0.1, 0.15) is 37.3 Å². The van der Waals surface area contributed by atoms with E-state index in [0.717, 1.165) is 40.5 Å². The summed E-state index contributed by atoms with van der Waals surface area (Å²) in [5, 5.41) is 2.93. The molecule has 0 fully saturated rings. The highest BCUT2D eigenvalue weighted by atomic mass is 79.9. The minimum Gasteiger partial charge on any atom is -0.330 e. The van der Waals surface area contributed by atoms with E-state index in [4.69, 9.17) is 0 Å². The number of carbonyl (C=O) groups excluding carboxylic acids is 1. The van der Waals surface area contributed by atoms with Crippen molar-refractivity contribution in [3.8, 4) is 0 Å². The molecule has 134 valence electrons. The monoisotopic (exact) mass is 415 g/mol. The largest absolute Gasteiger partial charge is 0.330 e. The molecule has 26 heavy (non-hydrogen) atoms. The van der Waals surface area contributed by atoms with Crippen LogP contribution in [0, 0.1) is 0 Å². The van der Waals surface area contributed by atoms with E-state index in [0.29, 0.717) is 11.9 Å². The van der Waals surface area contributed by atoms with E-state index in [2.05, 4.69) is 32.3 Å². The van der Waals surface area contributed by atoms with Gasteiger partial charge in [-0.05, 0) is 49.5 Å². The Morgan fingerprint density at radius 2 is 2.15 bits per heavy atom. The average molecular weight is 416 g/mol. The zero-order valence-electron chi connectivity index (χ0n) is 14.0. The van der Waals surface area contributed by atoms with E-state index >= 15 is 0 Å². The molecule has 1 unspecified atom stereocenters. The summed E-state index contributed by atoms with van der Waals surface area (Å²) in [6.45, 7) is 0. The number of aromatic amines is 1. The lowest BCUT2D eigenvalue weighted by Crippen LogP contribution is -2.41. The van der Waals surface area contributed by atoms with Gasteiger partial charge in [0.25, 0.3) is 0 Å². The molecular weight excluding hydrogens is 398 g/mol. The normalized spacial score (nSPS) is 18.7. The molecule has 0 spiro atoms. The number of hydrogen-bond acceptors (Lipinski definition) is 3. The zero-order chi connectivity index (χ0) is 18.3. The van der Waals surface area contributed by atoms with Crippen LogP contribution in [-0.2, 0) is 11.2 Å². The summed E-state index contributed by atoms with van der Waals surface area (Å²) in [5.74, 6) is -0.127. The molecule has 4 rings (SSSR count). The predicted octanol–water partition coefficient (Wildman–Crippen LogP) is 2.68. The number of H-pyrrole nitrogens is 1.